The molecule has 1 heterocycles. The van der Waals surface area contributed by atoms with Crippen LogP contribution in [0.2, 0.25) is 0 Å². The van der Waals surface area contributed by atoms with Crippen LogP contribution < -0.4 is 9.47 Å². The van der Waals surface area contributed by atoms with E-state index in [9.17, 15) is 19.8 Å². The van der Waals surface area contributed by atoms with Gasteiger partial charge >= 0.3 is 0 Å². The number of benzene rings is 2. The van der Waals surface area contributed by atoms with Crippen molar-refractivity contribution in [3.8, 4) is 23.3 Å². The normalized spacial score (nSPS) is 11.3. The van der Waals surface area contributed by atoms with Crippen molar-refractivity contribution in [2.45, 2.75) is 46.1 Å². The Kier molecular flexibility index (Phi) is 8.24. The summed E-state index contributed by atoms with van der Waals surface area (Å²) in [6.07, 6.45) is 3.56. The molecule has 9 heteroatoms. The average Bonchev–Trinajstić information content (AvgIpc) is 3.09. The first-order valence-electron chi connectivity index (χ1n) is 11.3. The zero-order valence-electron chi connectivity index (χ0n) is 19.6. The fourth-order valence-electron chi connectivity index (χ4n) is 3.43. The third-order valence-corrected chi connectivity index (χ3v) is 5.39. The topological polar surface area (TPSA) is 123 Å². The van der Waals surface area contributed by atoms with Crippen molar-refractivity contribution in [3.63, 3.8) is 0 Å². The van der Waals surface area contributed by atoms with E-state index in [2.05, 4.69) is 17.2 Å². The van der Waals surface area contributed by atoms with E-state index in [0.717, 1.165) is 25.7 Å². The summed E-state index contributed by atoms with van der Waals surface area (Å²) < 4.78 is 12.3. The molecule has 0 aliphatic rings. The van der Waals surface area contributed by atoms with Gasteiger partial charge in [-0.25, -0.2) is 0 Å². The number of carbonyl (C=O) groups excluding carboxylic acids is 2. The molecule has 2 aromatic carbocycles. The maximum atomic E-state index is 12.5. The van der Waals surface area contributed by atoms with Gasteiger partial charge in [0, 0.05) is 28.4 Å². The van der Waals surface area contributed by atoms with Gasteiger partial charge in [0.2, 0.25) is 11.8 Å². The molecule has 0 fully saturated rings. The molecule has 3 aromatic rings. The molecule has 9 nitrogen and oxygen atoms in total. The summed E-state index contributed by atoms with van der Waals surface area (Å²) >= 11 is 0. The first-order valence-corrected chi connectivity index (χ1v) is 11.3. The number of azo groups is 1. The van der Waals surface area contributed by atoms with Crippen molar-refractivity contribution in [1.29, 1.82) is 0 Å². The standard InChI is InChI=1S/C25H29N3O6/c1-4-6-12-28-24(31)18-10-8-16(14-19(18)25(28)32)22(29)26-27-23(30)17-9-11-20(21(15-17)33-3)34-13-7-5-2/h8-11,14-15,31-32H,4-7,12-13H2,1-3H3. The molecular formula is C25H29N3O6. The molecular weight excluding hydrogens is 438 g/mol. The fraction of sp³-hybridized carbons (Fsp3) is 0.360. The van der Waals surface area contributed by atoms with Crippen LogP contribution in [0.25, 0.3) is 10.8 Å². The number of methoxy groups -OCH3 is 1. The van der Waals surface area contributed by atoms with Gasteiger partial charge in [-0.2, -0.15) is 0 Å². The Morgan fingerprint density at radius 1 is 0.853 bits per heavy atom. The van der Waals surface area contributed by atoms with E-state index >= 15 is 0 Å². The molecule has 0 aliphatic carbocycles. The van der Waals surface area contributed by atoms with Crippen molar-refractivity contribution in [1.82, 2.24) is 4.57 Å². The average molecular weight is 468 g/mol. The minimum Gasteiger partial charge on any atom is -0.494 e. The summed E-state index contributed by atoms with van der Waals surface area (Å²) in [6.45, 7) is 5.05. The Morgan fingerprint density at radius 2 is 1.47 bits per heavy atom. The second-order valence-electron chi connectivity index (χ2n) is 7.79. The lowest BCUT2D eigenvalue weighted by molar-refractivity contribution is 0.0946. The summed E-state index contributed by atoms with van der Waals surface area (Å²) in [5.41, 5.74) is 0.325. The molecule has 0 spiro atoms. The molecule has 180 valence electrons. The van der Waals surface area contributed by atoms with Gasteiger partial charge in [-0.1, -0.05) is 26.7 Å². The van der Waals surface area contributed by atoms with Crippen LogP contribution in [0.1, 0.15) is 60.2 Å². The van der Waals surface area contributed by atoms with E-state index in [4.69, 9.17) is 9.47 Å². The predicted molar refractivity (Wildman–Crippen MR) is 127 cm³/mol. The number of aromatic nitrogens is 1. The number of aromatic hydroxyl groups is 2. The van der Waals surface area contributed by atoms with Crippen molar-refractivity contribution < 1.29 is 29.3 Å². The van der Waals surface area contributed by atoms with E-state index in [1.54, 1.807) is 6.07 Å². The van der Waals surface area contributed by atoms with Crippen molar-refractivity contribution >= 4 is 22.6 Å². The number of ether oxygens (including phenoxy) is 2. The van der Waals surface area contributed by atoms with Gasteiger partial charge < -0.3 is 19.7 Å². The Morgan fingerprint density at radius 3 is 2.12 bits per heavy atom. The minimum atomic E-state index is -0.748. The molecule has 0 atom stereocenters. The number of hydrogen-bond donors (Lipinski definition) is 2. The number of nitrogens with zero attached hydrogens (tertiary/aromatic N) is 3. The van der Waals surface area contributed by atoms with Gasteiger partial charge in [0.25, 0.3) is 11.8 Å². The van der Waals surface area contributed by atoms with Crippen LogP contribution >= 0.6 is 0 Å². The number of amides is 2. The van der Waals surface area contributed by atoms with Crippen LogP contribution in [0.15, 0.2) is 46.6 Å². The van der Waals surface area contributed by atoms with E-state index < -0.39 is 11.8 Å². The monoisotopic (exact) mass is 467 g/mol. The highest BCUT2D eigenvalue weighted by Crippen LogP contribution is 2.37. The van der Waals surface area contributed by atoms with Crippen molar-refractivity contribution in [2.24, 2.45) is 10.2 Å². The van der Waals surface area contributed by atoms with E-state index in [1.807, 2.05) is 6.92 Å². The summed E-state index contributed by atoms with van der Waals surface area (Å²) in [5.74, 6) is -0.745. The number of unbranched alkanes of at least 4 members (excludes halogenated alkanes) is 2. The van der Waals surface area contributed by atoms with E-state index in [0.29, 0.717) is 35.4 Å². The SMILES string of the molecule is CCCCOc1ccc(C(=O)N=NC(=O)c2ccc3c(O)n(CCCC)c(O)c3c2)cc1OC. The molecule has 0 saturated carbocycles. The molecule has 0 radical (unpaired) electrons. The highest BCUT2D eigenvalue weighted by molar-refractivity contribution is 6.03. The summed E-state index contributed by atoms with van der Waals surface area (Å²) in [4.78, 5) is 25.0. The van der Waals surface area contributed by atoms with E-state index in [1.165, 1.54) is 42.0 Å². The lowest BCUT2D eigenvalue weighted by Gasteiger charge is -2.10. The van der Waals surface area contributed by atoms with Gasteiger partial charge in [0.1, 0.15) is 0 Å². The molecule has 2 amide bonds. The van der Waals surface area contributed by atoms with Crippen molar-refractivity contribution in [2.75, 3.05) is 13.7 Å². The molecule has 0 aliphatic heterocycles. The molecule has 1 aromatic heterocycles. The first kappa shape index (κ1) is 24.8. The van der Waals surface area contributed by atoms with Gasteiger partial charge in [-0.05, 0) is 49.2 Å². The quantitative estimate of drug-likeness (QED) is 0.301. The largest absolute Gasteiger partial charge is 0.494 e. The Bertz CT molecular complexity index is 1220. The first-order chi connectivity index (χ1) is 16.4. The van der Waals surface area contributed by atoms with Crippen LogP contribution in [-0.4, -0.2) is 40.3 Å². The van der Waals surface area contributed by atoms with Crippen molar-refractivity contribution in [3.05, 3.63) is 47.5 Å². The summed E-state index contributed by atoms with van der Waals surface area (Å²) in [5, 5.41) is 28.7. The second-order valence-corrected chi connectivity index (χ2v) is 7.79. The Balaban J connectivity index is 1.77. The Hall–Kier alpha value is -3.88. The van der Waals surface area contributed by atoms with Crippen LogP contribution in [-0.2, 0) is 6.54 Å². The molecule has 34 heavy (non-hydrogen) atoms. The summed E-state index contributed by atoms with van der Waals surface area (Å²) in [6, 6.07) is 9.04. The smallest absolute Gasteiger partial charge is 0.295 e. The lowest BCUT2D eigenvalue weighted by Crippen LogP contribution is -2.02. The maximum Gasteiger partial charge on any atom is 0.295 e. The van der Waals surface area contributed by atoms with Gasteiger partial charge in [-0.15, -0.1) is 10.2 Å². The molecule has 0 saturated heterocycles. The molecule has 2 N–H and O–H groups in total. The Labute approximate surface area is 197 Å². The predicted octanol–water partition coefficient (Wildman–Crippen LogP) is 5.47. The molecule has 0 unspecified atom stereocenters. The number of carbonyl (C=O) groups is 2. The van der Waals surface area contributed by atoms with Crippen LogP contribution in [0.4, 0.5) is 0 Å². The molecule has 0 bridgehead atoms. The molecule has 3 rings (SSSR count). The summed E-state index contributed by atoms with van der Waals surface area (Å²) in [7, 11) is 1.47. The van der Waals surface area contributed by atoms with Crippen LogP contribution in [0, 0.1) is 0 Å². The van der Waals surface area contributed by atoms with Crippen LogP contribution in [0.3, 0.4) is 0 Å². The number of fused-ring (bicyclic) bond motifs is 1. The maximum absolute atomic E-state index is 12.5. The lowest BCUT2D eigenvalue weighted by atomic mass is 10.1. The number of rotatable bonds is 10. The number of hydrogen-bond acceptors (Lipinski definition) is 6. The third kappa shape index (κ3) is 5.36. The van der Waals surface area contributed by atoms with Gasteiger partial charge in [0.05, 0.1) is 13.7 Å². The second kappa shape index (κ2) is 11.3. The highest BCUT2D eigenvalue weighted by atomic mass is 16.5. The fourth-order valence-corrected chi connectivity index (χ4v) is 3.43. The minimum absolute atomic E-state index is 0.0622. The zero-order valence-corrected chi connectivity index (χ0v) is 19.6. The third-order valence-electron chi connectivity index (χ3n) is 5.39. The highest BCUT2D eigenvalue weighted by Gasteiger charge is 2.18. The van der Waals surface area contributed by atoms with E-state index in [-0.39, 0.29) is 22.9 Å². The van der Waals surface area contributed by atoms with Crippen LogP contribution in [0.5, 0.6) is 23.3 Å². The van der Waals surface area contributed by atoms with Gasteiger partial charge in [0.15, 0.2) is 11.5 Å². The van der Waals surface area contributed by atoms with Gasteiger partial charge in [-0.3, -0.25) is 14.2 Å². The zero-order chi connectivity index (χ0) is 24.7.